The summed E-state index contributed by atoms with van der Waals surface area (Å²) in [7, 11) is 1.37. The molecule has 4 nitrogen and oxygen atoms in total. The highest BCUT2D eigenvalue weighted by Gasteiger charge is 2.04. The summed E-state index contributed by atoms with van der Waals surface area (Å²) >= 11 is 2.27. The minimum atomic E-state index is -0.343. The zero-order chi connectivity index (χ0) is 16.5. The second kappa shape index (κ2) is 9.39. The van der Waals surface area contributed by atoms with E-state index in [4.69, 9.17) is 9.47 Å². The van der Waals surface area contributed by atoms with Gasteiger partial charge in [-0.05, 0) is 84.0 Å². The Morgan fingerprint density at radius 3 is 1.83 bits per heavy atom. The molecule has 2 aromatic carbocycles. The van der Waals surface area contributed by atoms with Gasteiger partial charge in [0.05, 0.1) is 25.9 Å². The summed E-state index contributed by atoms with van der Waals surface area (Å²) in [6.45, 7) is 1.29. The monoisotopic (exact) mass is 426 g/mol. The highest BCUT2D eigenvalue weighted by Crippen LogP contribution is 2.15. The van der Waals surface area contributed by atoms with Crippen molar-refractivity contribution >= 4 is 28.6 Å². The summed E-state index contributed by atoms with van der Waals surface area (Å²) in [6, 6.07) is 14.9. The number of rotatable bonds is 8. The van der Waals surface area contributed by atoms with Gasteiger partial charge in [-0.2, -0.15) is 0 Å². The van der Waals surface area contributed by atoms with E-state index < -0.39 is 0 Å². The Labute approximate surface area is 149 Å². The SMILES string of the molecule is COC(=O)c1ccc(OCCCCOc2ccc(I)cc2)cc1. The van der Waals surface area contributed by atoms with Crippen molar-refractivity contribution < 1.29 is 19.0 Å². The van der Waals surface area contributed by atoms with Gasteiger partial charge in [0.2, 0.25) is 0 Å². The molecule has 0 fully saturated rings. The van der Waals surface area contributed by atoms with Crippen LogP contribution in [0, 0.1) is 3.57 Å². The molecule has 0 unspecified atom stereocenters. The number of methoxy groups -OCH3 is 1. The molecule has 23 heavy (non-hydrogen) atoms. The van der Waals surface area contributed by atoms with Gasteiger partial charge in [0.25, 0.3) is 0 Å². The maximum atomic E-state index is 11.3. The third kappa shape index (κ3) is 6.09. The minimum absolute atomic E-state index is 0.343. The number of benzene rings is 2. The number of esters is 1. The van der Waals surface area contributed by atoms with Crippen molar-refractivity contribution in [3.8, 4) is 11.5 Å². The minimum Gasteiger partial charge on any atom is -0.494 e. The number of ether oxygens (including phenoxy) is 3. The van der Waals surface area contributed by atoms with Crippen LogP contribution in [-0.2, 0) is 4.74 Å². The van der Waals surface area contributed by atoms with Crippen molar-refractivity contribution in [2.75, 3.05) is 20.3 Å². The molecule has 0 heterocycles. The largest absolute Gasteiger partial charge is 0.494 e. The first kappa shape index (κ1) is 17.6. The normalized spacial score (nSPS) is 10.2. The Morgan fingerprint density at radius 2 is 1.35 bits per heavy atom. The van der Waals surface area contributed by atoms with Crippen LogP contribution in [0.2, 0.25) is 0 Å². The first-order chi connectivity index (χ1) is 11.2. The van der Waals surface area contributed by atoms with E-state index in [1.54, 1.807) is 24.3 Å². The van der Waals surface area contributed by atoms with Crippen LogP contribution in [0.4, 0.5) is 0 Å². The molecule has 0 aliphatic heterocycles. The fourth-order valence-corrected chi connectivity index (χ4v) is 2.28. The van der Waals surface area contributed by atoms with Crippen molar-refractivity contribution in [1.29, 1.82) is 0 Å². The van der Waals surface area contributed by atoms with Crippen LogP contribution >= 0.6 is 22.6 Å². The number of unbranched alkanes of at least 4 members (excludes halogenated alkanes) is 1. The van der Waals surface area contributed by atoms with Crippen molar-refractivity contribution in [3.63, 3.8) is 0 Å². The van der Waals surface area contributed by atoms with E-state index in [-0.39, 0.29) is 5.97 Å². The smallest absolute Gasteiger partial charge is 0.337 e. The Balaban J connectivity index is 1.61. The van der Waals surface area contributed by atoms with Crippen molar-refractivity contribution in [3.05, 3.63) is 57.7 Å². The van der Waals surface area contributed by atoms with Crippen LogP contribution in [0.15, 0.2) is 48.5 Å². The molecule has 0 saturated heterocycles. The maximum Gasteiger partial charge on any atom is 0.337 e. The maximum absolute atomic E-state index is 11.3. The topological polar surface area (TPSA) is 44.8 Å². The third-order valence-corrected chi connectivity index (χ3v) is 3.88. The van der Waals surface area contributed by atoms with E-state index >= 15 is 0 Å². The number of carbonyl (C=O) groups excluding carboxylic acids is 1. The Hall–Kier alpha value is -1.76. The highest BCUT2D eigenvalue weighted by atomic mass is 127. The molecule has 5 heteroatoms. The van der Waals surface area contributed by atoms with Gasteiger partial charge in [0.1, 0.15) is 11.5 Å². The lowest BCUT2D eigenvalue weighted by Crippen LogP contribution is -2.03. The predicted octanol–water partition coefficient (Wildman–Crippen LogP) is 4.32. The molecule has 0 bridgehead atoms. The van der Waals surface area contributed by atoms with Crippen LogP contribution < -0.4 is 9.47 Å². The van der Waals surface area contributed by atoms with Crippen LogP contribution in [0.3, 0.4) is 0 Å². The lowest BCUT2D eigenvalue weighted by Gasteiger charge is -2.08. The van der Waals surface area contributed by atoms with Gasteiger partial charge in [-0.3, -0.25) is 0 Å². The van der Waals surface area contributed by atoms with Crippen LogP contribution in [0.25, 0.3) is 0 Å². The molecule has 2 aromatic rings. The zero-order valence-electron chi connectivity index (χ0n) is 13.0. The van der Waals surface area contributed by atoms with Gasteiger partial charge in [0.15, 0.2) is 0 Å². The van der Waals surface area contributed by atoms with Crippen molar-refractivity contribution in [1.82, 2.24) is 0 Å². The summed E-state index contributed by atoms with van der Waals surface area (Å²) in [5, 5.41) is 0. The molecular weight excluding hydrogens is 407 g/mol. The molecule has 0 aliphatic carbocycles. The van der Waals surface area contributed by atoms with Gasteiger partial charge in [-0.15, -0.1) is 0 Å². The molecule has 0 amide bonds. The summed E-state index contributed by atoms with van der Waals surface area (Å²) in [5.74, 6) is 1.30. The molecule has 122 valence electrons. The Bertz CT molecular complexity index is 608. The first-order valence-corrected chi connectivity index (χ1v) is 8.46. The molecule has 2 rings (SSSR count). The van der Waals surface area contributed by atoms with Gasteiger partial charge in [0, 0.05) is 3.57 Å². The zero-order valence-corrected chi connectivity index (χ0v) is 15.1. The molecule has 0 atom stereocenters. The Morgan fingerprint density at radius 1 is 0.870 bits per heavy atom. The molecule has 0 saturated carbocycles. The second-order valence-corrected chi connectivity index (χ2v) is 6.12. The second-order valence-electron chi connectivity index (χ2n) is 4.87. The van der Waals surface area contributed by atoms with Crippen molar-refractivity contribution in [2.24, 2.45) is 0 Å². The lowest BCUT2D eigenvalue weighted by atomic mass is 10.2. The predicted molar refractivity (Wildman–Crippen MR) is 97.2 cm³/mol. The molecule has 0 radical (unpaired) electrons. The quantitative estimate of drug-likeness (QED) is 0.359. The van der Waals surface area contributed by atoms with Crippen LogP contribution in [0.1, 0.15) is 23.2 Å². The third-order valence-electron chi connectivity index (χ3n) is 3.17. The van der Waals surface area contributed by atoms with Gasteiger partial charge in [-0.1, -0.05) is 0 Å². The van der Waals surface area contributed by atoms with Crippen LogP contribution in [-0.4, -0.2) is 26.3 Å². The van der Waals surface area contributed by atoms with Crippen molar-refractivity contribution in [2.45, 2.75) is 12.8 Å². The fraction of sp³-hybridized carbons (Fsp3) is 0.278. The number of hydrogen-bond acceptors (Lipinski definition) is 4. The first-order valence-electron chi connectivity index (χ1n) is 7.38. The molecule has 0 N–H and O–H groups in total. The standard InChI is InChI=1S/C18H19IO4/c1-21-18(20)14-4-8-16(9-5-14)22-12-2-3-13-23-17-10-6-15(19)7-11-17/h4-11H,2-3,12-13H2,1H3. The summed E-state index contributed by atoms with van der Waals surface area (Å²) in [6.07, 6.45) is 1.83. The summed E-state index contributed by atoms with van der Waals surface area (Å²) in [4.78, 5) is 11.3. The van der Waals surface area contributed by atoms with E-state index in [2.05, 4.69) is 27.3 Å². The average Bonchev–Trinajstić information content (AvgIpc) is 2.59. The molecule has 0 spiro atoms. The van der Waals surface area contributed by atoms with Gasteiger partial charge in [-0.25, -0.2) is 4.79 Å². The average molecular weight is 426 g/mol. The number of carbonyl (C=O) groups is 1. The van der Waals surface area contributed by atoms with E-state index in [9.17, 15) is 4.79 Å². The van der Waals surface area contributed by atoms with E-state index in [0.717, 1.165) is 24.3 Å². The van der Waals surface area contributed by atoms with E-state index in [1.165, 1.54) is 10.7 Å². The van der Waals surface area contributed by atoms with E-state index in [1.807, 2.05) is 24.3 Å². The Kier molecular flexibility index (Phi) is 7.19. The van der Waals surface area contributed by atoms with Crippen LogP contribution in [0.5, 0.6) is 11.5 Å². The van der Waals surface area contributed by atoms with Gasteiger partial charge < -0.3 is 14.2 Å². The molecule has 0 aromatic heterocycles. The lowest BCUT2D eigenvalue weighted by molar-refractivity contribution is 0.0600. The number of halogens is 1. The number of hydrogen-bond donors (Lipinski definition) is 0. The highest BCUT2D eigenvalue weighted by molar-refractivity contribution is 14.1. The van der Waals surface area contributed by atoms with Gasteiger partial charge >= 0.3 is 5.97 Å². The molecular formula is C18H19IO4. The van der Waals surface area contributed by atoms with E-state index in [0.29, 0.717) is 18.8 Å². The molecule has 0 aliphatic rings. The summed E-state index contributed by atoms with van der Waals surface area (Å²) in [5.41, 5.74) is 0.519. The summed E-state index contributed by atoms with van der Waals surface area (Å²) < 4.78 is 17.1. The fourth-order valence-electron chi connectivity index (χ4n) is 1.92.